The van der Waals surface area contributed by atoms with Crippen molar-refractivity contribution in [3.8, 4) is 11.3 Å². The van der Waals surface area contributed by atoms with E-state index < -0.39 is 11.6 Å². The van der Waals surface area contributed by atoms with Crippen LogP contribution in [0, 0.1) is 17.6 Å². The molecule has 0 spiro atoms. The second-order valence-electron chi connectivity index (χ2n) is 5.24. The summed E-state index contributed by atoms with van der Waals surface area (Å²) in [5, 5.41) is 0. The fourth-order valence-electron chi connectivity index (χ4n) is 2.23. The molecule has 0 fully saturated rings. The Morgan fingerprint density at radius 3 is 2.60 bits per heavy atom. The van der Waals surface area contributed by atoms with E-state index >= 15 is 0 Å². The molecule has 108 valence electrons. The summed E-state index contributed by atoms with van der Waals surface area (Å²) < 4.78 is 29.1. The van der Waals surface area contributed by atoms with Crippen molar-refractivity contribution in [2.24, 2.45) is 5.92 Å². The number of benzene rings is 1. The van der Waals surface area contributed by atoms with Gasteiger partial charge in [0.2, 0.25) is 0 Å². The highest BCUT2D eigenvalue weighted by molar-refractivity contribution is 5.71. The Morgan fingerprint density at radius 2 is 2.00 bits per heavy atom. The molecule has 20 heavy (non-hydrogen) atoms. The first kappa shape index (κ1) is 14.5. The van der Waals surface area contributed by atoms with Gasteiger partial charge >= 0.3 is 0 Å². The lowest BCUT2D eigenvalue weighted by atomic mass is 10.1. The van der Waals surface area contributed by atoms with Crippen molar-refractivity contribution in [3.63, 3.8) is 0 Å². The molecule has 5 heteroatoms. The standard InChI is InChI=1S/C15H19F2N3/c1-4-13-19-14(15(18)20(13)8-9(2)3)11-7-10(16)5-6-12(11)17/h5-7,9H,4,8,18H2,1-3H3. The third-order valence-electron chi connectivity index (χ3n) is 3.13. The molecule has 3 nitrogen and oxygen atoms in total. The number of nitrogens with zero attached hydrogens (tertiary/aromatic N) is 2. The van der Waals surface area contributed by atoms with Crippen molar-refractivity contribution in [1.82, 2.24) is 9.55 Å². The molecular weight excluding hydrogens is 260 g/mol. The average Bonchev–Trinajstić information content (AvgIpc) is 2.69. The van der Waals surface area contributed by atoms with E-state index in [0.717, 1.165) is 24.0 Å². The van der Waals surface area contributed by atoms with Crippen LogP contribution in [0.15, 0.2) is 18.2 Å². The van der Waals surface area contributed by atoms with Gasteiger partial charge in [-0.15, -0.1) is 0 Å². The molecule has 1 aromatic heterocycles. The molecule has 0 amide bonds. The Balaban J connectivity index is 2.57. The van der Waals surface area contributed by atoms with E-state index in [-0.39, 0.29) is 5.56 Å². The van der Waals surface area contributed by atoms with Crippen LogP contribution in [0.2, 0.25) is 0 Å². The summed E-state index contributed by atoms with van der Waals surface area (Å²) in [6, 6.07) is 3.31. The molecule has 0 saturated heterocycles. The van der Waals surface area contributed by atoms with Crippen molar-refractivity contribution in [2.75, 3.05) is 5.73 Å². The number of aromatic nitrogens is 2. The fourth-order valence-corrected chi connectivity index (χ4v) is 2.23. The average molecular weight is 279 g/mol. The normalized spacial score (nSPS) is 11.3. The summed E-state index contributed by atoms with van der Waals surface area (Å²) in [6.07, 6.45) is 0.688. The molecule has 2 aromatic rings. The maximum atomic E-state index is 13.9. The van der Waals surface area contributed by atoms with Gasteiger partial charge in [-0.25, -0.2) is 13.8 Å². The van der Waals surface area contributed by atoms with Crippen LogP contribution < -0.4 is 5.73 Å². The highest BCUT2D eigenvalue weighted by Gasteiger charge is 2.18. The highest BCUT2D eigenvalue weighted by Crippen LogP contribution is 2.30. The van der Waals surface area contributed by atoms with Gasteiger partial charge in [-0.3, -0.25) is 0 Å². The molecule has 0 aliphatic carbocycles. The second kappa shape index (κ2) is 5.61. The molecule has 2 N–H and O–H groups in total. The Morgan fingerprint density at radius 1 is 1.30 bits per heavy atom. The molecule has 1 aromatic carbocycles. The minimum Gasteiger partial charge on any atom is -0.383 e. The van der Waals surface area contributed by atoms with E-state index in [0.29, 0.717) is 30.4 Å². The van der Waals surface area contributed by atoms with E-state index in [9.17, 15) is 8.78 Å². The van der Waals surface area contributed by atoms with Crippen LogP contribution in [0.1, 0.15) is 26.6 Å². The van der Waals surface area contributed by atoms with Crippen molar-refractivity contribution < 1.29 is 8.78 Å². The van der Waals surface area contributed by atoms with Crippen molar-refractivity contribution in [3.05, 3.63) is 35.7 Å². The molecule has 2 rings (SSSR count). The minimum absolute atomic E-state index is 0.111. The molecule has 0 aliphatic rings. The van der Waals surface area contributed by atoms with E-state index in [2.05, 4.69) is 18.8 Å². The number of aryl methyl sites for hydroxylation is 1. The summed E-state index contributed by atoms with van der Waals surface area (Å²) >= 11 is 0. The second-order valence-corrected chi connectivity index (χ2v) is 5.24. The van der Waals surface area contributed by atoms with Crippen LogP contribution in [0.3, 0.4) is 0 Å². The van der Waals surface area contributed by atoms with E-state index in [1.165, 1.54) is 0 Å². The number of hydrogen-bond donors (Lipinski definition) is 1. The lowest BCUT2D eigenvalue weighted by Gasteiger charge is -2.11. The van der Waals surface area contributed by atoms with Crippen LogP contribution in [0.5, 0.6) is 0 Å². The molecule has 0 saturated carbocycles. The van der Waals surface area contributed by atoms with E-state index in [4.69, 9.17) is 5.73 Å². The zero-order valence-corrected chi connectivity index (χ0v) is 12.0. The van der Waals surface area contributed by atoms with Crippen molar-refractivity contribution in [1.29, 1.82) is 0 Å². The van der Waals surface area contributed by atoms with Gasteiger partial charge in [0, 0.05) is 18.5 Å². The smallest absolute Gasteiger partial charge is 0.132 e. The number of imidazole rings is 1. The number of halogens is 2. The number of rotatable bonds is 4. The van der Waals surface area contributed by atoms with Gasteiger partial charge in [-0.05, 0) is 24.1 Å². The maximum absolute atomic E-state index is 13.9. The molecular formula is C15H19F2N3. The number of hydrogen-bond acceptors (Lipinski definition) is 2. The third kappa shape index (κ3) is 2.66. The Hall–Kier alpha value is -1.91. The number of nitrogens with two attached hydrogens (primary N) is 1. The third-order valence-corrected chi connectivity index (χ3v) is 3.13. The SMILES string of the molecule is CCc1nc(-c2cc(F)ccc2F)c(N)n1CC(C)C. The molecule has 0 unspecified atom stereocenters. The van der Waals surface area contributed by atoms with Gasteiger partial charge in [0.1, 0.15) is 29.0 Å². The van der Waals surface area contributed by atoms with Crippen LogP contribution in [-0.4, -0.2) is 9.55 Å². The first-order chi connectivity index (χ1) is 9.43. The monoisotopic (exact) mass is 279 g/mol. The molecule has 0 aliphatic heterocycles. The first-order valence-corrected chi connectivity index (χ1v) is 6.74. The van der Waals surface area contributed by atoms with Gasteiger partial charge < -0.3 is 10.3 Å². The lowest BCUT2D eigenvalue weighted by Crippen LogP contribution is -2.11. The van der Waals surface area contributed by atoms with Gasteiger partial charge in [-0.2, -0.15) is 0 Å². The summed E-state index contributed by atoms with van der Waals surface area (Å²) in [4.78, 5) is 4.38. The zero-order valence-electron chi connectivity index (χ0n) is 12.0. The number of nitrogen functional groups attached to an aromatic ring is 1. The predicted molar refractivity (Wildman–Crippen MR) is 76.2 cm³/mol. The predicted octanol–water partition coefficient (Wildman–Crippen LogP) is 3.63. The minimum atomic E-state index is -0.519. The molecule has 0 radical (unpaired) electrons. The lowest BCUT2D eigenvalue weighted by molar-refractivity contribution is 0.513. The largest absolute Gasteiger partial charge is 0.383 e. The van der Waals surface area contributed by atoms with Crippen LogP contribution in [0.25, 0.3) is 11.3 Å². The van der Waals surface area contributed by atoms with Gasteiger partial charge in [-0.1, -0.05) is 20.8 Å². The summed E-state index contributed by atoms with van der Waals surface area (Å²) in [6.45, 7) is 6.81. The summed E-state index contributed by atoms with van der Waals surface area (Å²) in [5.74, 6) is 0.545. The molecule has 1 heterocycles. The van der Waals surface area contributed by atoms with Gasteiger partial charge in [0.05, 0.1) is 0 Å². The summed E-state index contributed by atoms with van der Waals surface area (Å²) in [5.41, 5.74) is 6.52. The van der Waals surface area contributed by atoms with Gasteiger partial charge in [0.15, 0.2) is 0 Å². The first-order valence-electron chi connectivity index (χ1n) is 6.74. The van der Waals surface area contributed by atoms with E-state index in [1.807, 2.05) is 11.5 Å². The fraction of sp³-hybridized carbons (Fsp3) is 0.400. The quantitative estimate of drug-likeness (QED) is 0.928. The maximum Gasteiger partial charge on any atom is 0.132 e. The topological polar surface area (TPSA) is 43.8 Å². The van der Waals surface area contributed by atoms with E-state index in [1.54, 1.807) is 0 Å². The highest BCUT2D eigenvalue weighted by atomic mass is 19.1. The Labute approximate surface area is 117 Å². The zero-order chi connectivity index (χ0) is 14.9. The number of anilines is 1. The van der Waals surface area contributed by atoms with Crippen LogP contribution in [-0.2, 0) is 13.0 Å². The van der Waals surface area contributed by atoms with Gasteiger partial charge in [0.25, 0.3) is 0 Å². The Kier molecular flexibility index (Phi) is 4.06. The van der Waals surface area contributed by atoms with Crippen molar-refractivity contribution in [2.45, 2.75) is 33.7 Å². The summed E-state index contributed by atoms with van der Waals surface area (Å²) in [7, 11) is 0. The van der Waals surface area contributed by atoms with Crippen LogP contribution >= 0.6 is 0 Å². The Bertz CT molecular complexity index is 618. The van der Waals surface area contributed by atoms with Crippen molar-refractivity contribution >= 4 is 5.82 Å². The molecule has 0 atom stereocenters. The van der Waals surface area contributed by atoms with Crippen LogP contribution in [0.4, 0.5) is 14.6 Å². The molecule has 0 bridgehead atoms.